The minimum absolute atomic E-state index is 0.181. The quantitative estimate of drug-likeness (QED) is 0.725. The van der Waals surface area contributed by atoms with Crippen LogP contribution in [0, 0.1) is 6.92 Å². The van der Waals surface area contributed by atoms with Crippen LogP contribution in [-0.2, 0) is 4.79 Å². The van der Waals surface area contributed by atoms with Gasteiger partial charge in [0.25, 0.3) is 0 Å². The van der Waals surface area contributed by atoms with Crippen molar-refractivity contribution in [3.05, 3.63) is 29.6 Å². The number of aromatic nitrogens is 1. The molecule has 0 unspecified atom stereocenters. The lowest BCUT2D eigenvalue weighted by atomic mass is 9.93. The van der Waals surface area contributed by atoms with E-state index in [1.807, 2.05) is 23.4 Å². The summed E-state index contributed by atoms with van der Waals surface area (Å²) >= 11 is 0. The molecule has 1 aliphatic rings. The highest BCUT2D eigenvalue weighted by Crippen LogP contribution is 2.32. The smallest absolute Gasteiger partial charge is 0.219 e. The summed E-state index contributed by atoms with van der Waals surface area (Å²) in [6.45, 7) is 4.62. The summed E-state index contributed by atoms with van der Waals surface area (Å²) in [5, 5.41) is 0. The summed E-state index contributed by atoms with van der Waals surface area (Å²) in [5.74, 6) is 0.181. The Hall–Kier alpha value is -1.38. The summed E-state index contributed by atoms with van der Waals surface area (Å²) in [6.07, 6.45) is 7.10. The molecule has 0 aromatic carbocycles. The average Bonchev–Trinajstić information content (AvgIpc) is 2.29. The fourth-order valence-electron chi connectivity index (χ4n) is 2.49. The molecule has 2 heterocycles. The predicted molar refractivity (Wildman–Crippen MR) is 63.0 cm³/mol. The second-order valence-corrected chi connectivity index (χ2v) is 4.46. The Kier molecular flexibility index (Phi) is 3.22. The lowest BCUT2D eigenvalue weighted by molar-refractivity contribution is -0.132. The molecule has 1 aromatic heterocycles. The molecule has 2 rings (SSSR count). The molecule has 3 nitrogen and oxygen atoms in total. The van der Waals surface area contributed by atoms with Crippen molar-refractivity contribution in [1.29, 1.82) is 0 Å². The molecule has 0 spiro atoms. The minimum atomic E-state index is 0.181. The molecular weight excluding hydrogens is 200 g/mol. The second kappa shape index (κ2) is 4.64. The Labute approximate surface area is 96.5 Å². The van der Waals surface area contributed by atoms with Gasteiger partial charge in [-0.1, -0.05) is 0 Å². The van der Waals surface area contributed by atoms with E-state index in [0.717, 1.165) is 19.4 Å². The van der Waals surface area contributed by atoms with Gasteiger partial charge in [-0.15, -0.1) is 0 Å². The van der Waals surface area contributed by atoms with E-state index in [1.165, 1.54) is 17.5 Å². The number of pyridine rings is 1. The first-order valence-electron chi connectivity index (χ1n) is 5.88. The van der Waals surface area contributed by atoms with Gasteiger partial charge in [-0.3, -0.25) is 9.78 Å². The Morgan fingerprint density at radius 1 is 1.50 bits per heavy atom. The zero-order chi connectivity index (χ0) is 11.5. The Morgan fingerprint density at radius 3 is 3.00 bits per heavy atom. The lowest BCUT2D eigenvalue weighted by Gasteiger charge is -2.36. The van der Waals surface area contributed by atoms with Crippen molar-refractivity contribution < 1.29 is 4.79 Å². The Bertz CT molecular complexity index is 389. The Morgan fingerprint density at radius 2 is 2.31 bits per heavy atom. The lowest BCUT2D eigenvalue weighted by Crippen LogP contribution is -2.37. The van der Waals surface area contributed by atoms with Gasteiger partial charge in [0.1, 0.15) is 0 Å². The highest BCUT2D eigenvalue weighted by Gasteiger charge is 2.26. The molecule has 0 radical (unpaired) electrons. The number of aryl methyl sites for hydroxylation is 1. The van der Waals surface area contributed by atoms with Gasteiger partial charge in [-0.2, -0.15) is 0 Å². The highest BCUT2D eigenvalue weighted by atomic mass is 16.2. The molecular formula is C13H18N2O. The maximum Gasteiger partial charge on any atom is 0.219 e. The summed E-state index contributed by atoms with van der Waals surface area (Å²) in [6, 6.07) is 2.30. The first kappa shape index (κ1) is 11.1. The van der Waals surface area contributed by atoms with Crippen LogP contribution in [0.1, 0.15) is 43.4 Å². The van der Waals surface area contributed by atoms with Gasteiger partial charge in [0.2, 0.25) is 5.91 Å². The van der Waals surface area contributed by atoms with E-state index >= 15 is 0 Å². The van der Waals surface area contributed by atoms with Gasteiger partial charge in [0.15, 0.2) is 0 Å². The molecule has 1 atom stereocenters. The number of hydrogen-bond acceptors (Lipinski definition) is 2. The molecule has 3 heteroatoms. The fraction of sp³-hybridized carbons (Fsp3) is 0.538. The molecule has 0 N–H and O–H groups in total. The van der Waals surface area contributed by atoms with E-state index in [9.17, 15) is 4.79 Å². The van der Waals surface area contributed by atoms with Crippen LogP contribution in [0.15, 0.2) is 18.5 Å². The largest absolute Gasteiger partial charge is 0.336 e. The van der Waals surface area contributed by atoms with Crippen LogP contribution in [0.25, 0.3) is 0 Å². The number of carbonyl (C=O) groups excluding carboxylic acids is 1. The normalized spacial score (nSPS) is 20.9. The van der Waals surface area contributed by atoms with Crippen LogP contribution in [0.4, 0.5) is 0 Å². The number of hydrogen-bond donors (Lipinski definition) is 0. The van der Waals surface area contributed by atoms with Crippen molar-refractivity contribution in [1.82, 2.24) is 9.88 Å². The number of piperidine rings is 1. The molecule has 16 heavy (non-hydrogen) atoms. The maximum atomic E-state index is 11.6. The summed E-state index contributed by atoms with van der Waals surface area (Å²) < 4.78 is 0. The molecule has 1 fully saturated rings. The molecule has 1 amide bonds. The van der Waals surface area contributed by atoms with Gasteiger partial charge in [-0.05, 0) is 43.4 Å². The molecule has 0 saturated carbocycles. The standard InChI is InChI=1S/C13H18N2O/c1-10-9-14-7-6-12(10)13-5-3-4-8-15(13)11(2)16/h6-7,9,13H,3-5,8H2,1-2H3/t13-/m0/s1. The monoisotopic (exact) mass is 218 g/mol. The van der Waals surface area contributed by atoms with Gasteiger partial charge >= 0.3 is 0 Å². The maximum absolute atomic E-state index is 11.6. The van der Waals surface area contributed by atoms with Crippen LogP contribution < -0.4 is 0 Å². The summed E-state index contributed by atoms with van der Waals surface area (Å²) in [5.41, 5.74) is 2.44. The zero-order valence-electron chi connectivity index (χ0n) is 9.94. The third kappa shape index (κ3) is 2.08. The number of rotatable bonds is 1. The van der Waals surface area contributed by atoms with Crippen LogP contribution in [0.3, 0.4) is 0 Å². The van der Waals surface area contributed by atoms with Crippen LogP contribution >= 0.6 is 0 Å². The molecule has 1 saturated heterocycles. The van der Waals surface area contributed by atoms with Crippen molar-refractivity contribution in [3.63, 3.8) is 0 Å². The zero-order valence-corrected chi connectivity index (χ0v) is 9.94. The van der Waals surface area contributed by atoms with Crippen molar-refractivity contribution in [3.8, 4) is 0 Å². The van der Waals surface area contributed by atoms with Crippen molar-refractivity contribution in [2.24, 2.45) is 0 Å². The number of likely N-dealkylation sites (tertiary alicyclic amines) is 1. The summed E-state index contributed by atoms with van der Waals surface area (Å²) in [4.78, 5) is 17.7. The number of amides is 1. The summed E-state index contributed by atoms with van der Waals surface area (Å²) in [7, 11) is 0. The minimum Gasteiger partial charge on any atom is -0.336 e. The van der Waals surface area contributed by atoms with Gasteiger partial charge in [0.05, 0.1) is 6.04 Å². The van der Waals surface area contributed by atoms with Crippen LogP contribution in [-0.4, -0.2) is 22.3 Å². The first-order valence-corrected chi connectivity index (χ1v) is 5.88. The average molecular weight is 218 g/mol. The van der Waals surface area contributed by atoms with Crippen molar-refractivity contribution in [2.45, 2.75) is 39.2 Å². The topological polar surface area (TPSA) is 33.2 Å². The fourth-order valence-corrected chi connectivity index (χ4v) is 2.49. The number of nitrogens with zero attached hydrogens (tertiary/aromatic N) is 2. The van der Waals surface area contributed by atoms with E-state index in [4.69, 9.17) is 0 Å². The number of carbonyl (C=O) groups is 1. The van der Waals surface area contributed by atoms with E-state index in [0.29, 0.717) is 0 Å². The molecule has 1 aromatic rings. The first-order chi connectivity index (χ1) is 7.70. The van der Waals surface area contributed by atoms with E-state index < -0.39 is 0 Å². The van der Waals surface area contributed by atoms with Gasteiger partial charge < -0.3 is 4.90 Å². The van der Waals surface area contributed by atoms with Crippen molar-refractivity contribution >= 4 is 5.91 Å². The van der Waals surface area contributed by atoms with Crippen molar-refractivity contribution in [2.75, 3.05) is 6.54 Å². The highest BCUT2D eigenvalue weighted by molar-refractivity contribution is 5.74. The SMILES string of the molecule is CC(=O)N1CCCC[C@H]1c1ccncc1C. The molecule has 1 aliphatic heterocycles. The molecule has 86 valence electrons. The molecule has 0 aliphatic carbocycles. The van der Waals surface area contributed by atoms with E-state index in [1.54, 1.807) is 6.92 Å². The second-order valence-electron chi connectivity index (χ2n) is 4.46. The van der Waals surface area contributed by atoms with E-state index in [-0.39, 0.29) is 11.9 Å². The van der Waals surface area contributed by atoms with Crippen LogP contribution in [0.2, 0.25) is 0 Å². The van der Waals surface area contributed by atoms with Gasteiger partial charge in [0, 0.05) is 25.9 Å². The Balaban J connectivity index is 2.30. The van der Waals surface area contributed by atoms with E-state index in [2.05, 4.69) is 11.9 Å². The molecule has 0 bridgehead atoms. The predicted octanol–water partition coefficient (Wildman–Crippen LogP) is 2.46. The third-order valence-corrected chi connectivity index (χ3v) is 3.33. The van der Waals surface area contributed by atoms with Crippen LogP contribution in [0.5, 0.6) is 0 Å². The third-order valence-electron chi connectivity index (χ3n) is 3.33. The van der Waals surface area contributed by atoms with Gasteiger partial charge in [-0.25, -0.2) is 0 Å².